The van der Waals surface area contributed by atoms with Crippen LogP contribution < -0.4 is 5.32 Å². The molecule has 1 aromatic heterocycles. The normalized spacial score (nSPS) is 17.1. The molecule has 3 heterocycles. The number of aliphatic imine (C=N–C) groups is 1. The first-order valence-electron chi connectivity index (χ1n) is 8.18. The first kappa shape index (κ1) is 18.8. The molecule has 2 aliphatic heterocycles. The van der Waals surface area contributed by atoms with Crippen molar-refractivity contribution >= 4 is 56.1 Å². The van der Waals surface area contributed by atoms with E-state index < -0.39 is 0 Å². The number of hydrogen-bond acceptors (Lipinski definition) is 8. The van der Waals surface area contributed by atoms with Crippen LogP contribution in [0.4, 0.5) is 5.00 Å². The van der Waals surface area contributed by atoms with Gasteiger partial charge in [-0.2, -0.15) is 0 Å². The Morgan fingerprint density at radius 3 is 3.00 bits per heavy atom. The smallest absolute Gasteiger partial charge is 0.341 e. The van der Waals surface area contributed by atoms with E-state index in [-0.39, 0.29) is 11.9 Å². The topological polar surface area (TPSA) is 71.0 Å². The minimum Gasteiger partial charge on any atom is -0.462 e. The molecule has 6 nitrogen and oxygen atoms in total. The predicted molar refractivity (Wildman–Crippen MR) is 106 cm³/mol. The van der Waals surface area contributed by atoms with E-state index in [1.807, 2.05) is 0 Å². The fourth-order valence-electron chi connectivity index (χ4n) is 2.73. The van der Waals surface area contributed by atoms with Gasteiger partial charge in [-0.25, -0.2) is 4.79 Å². The van der Waals surface area contributed by atoms with Gasteiger partial charge in [0.2, 0.25) is 5.91 Å². The van der Waals surface area contributed by atoms with E-state index in [9.17, 15) is 9.59 Å². The predicted octanol–water partition coefficient (Wildman–Crippen LogP) is 2.69. The van der Waals surface area contributed by atoms with E-state index in [1.54, 1.807) is 18.7 Å². The third-order valence-corrected chi connectivity index (χ3v) is 7.25. The molecule has 0 bridgehead atoms. The Hall–Kier alpha value is -1.03. The van der Waals surface area contributed by atoms with Crippen LogP contribution in [-0.2, 0) is 22.5 Å². The number of nitrogens with one attached hydrogen (secondary N) is 1. The van der Waals surface area contributed by atoms with Crippen molar-refractivity contribution in [3.8, 4) is 0 Å². The highest BCUT2D eigenvalue weighted by Crippen LogP contribution is 2.37. The molecule has 0 spiro atoms. The molecule has 0 radical (unpaired) electrons. The number of carbonyl (C=O) groups excluding carboxylic acids is 2. The molecule has 136 valence electrons. The Balaban J connectivity index is 1.74. The molecule has 0 aromatic carbocycles. The molecular formula is C16H21N3O3S3. The summed E-state index contributed by atoms with van der Waals surface area (Å²) in [4.78, 5) is 32.4. The van der Waals surface area contributed by atoms with Gasteiger partial charge in [0.25, 0.3) is 0 Å². The maximum absolute atomic E-state index is 12.4. The Morgan fingerprint density at radius 2 is 2.28 bits per heavy atom. The first-order valence-corrected chi connectivity index (χ1v) is 11.0. The number of thiophene rings is 1. The number of esters is 1. The Labute approximate surface area is 159 Å². The highest BCUT2D eigenvalue weighted by atomic mass is 32.2. The molecule has 9 heteroatoms. The lowest BCUT2D eigenvalue weighted by molar-refractivity contribution is -0.113. The molecule has 0 saturated heterocycles. The molecular weight excluding hydrogens is 378 g/mol. The lowest BCUT2D eigenvalue weighted by Crippen LogP contribution is -2.26. The number of thioether (sulfide) groups is 2. The van der Waals surface area contributed by atoms with Gasteiger partial charge in [0.05, 0.1) is 24.5 Å². The van der Waals surface area contributed by atoms with Crippen LogP contribution in [0.15, 0.2) is 4.99 Å². The Kier molecular flexibility index (Phi) is 6.43. The van der Waals surface area contributed by atoms with Gasteiger partial charge in [0.15, 0.2) is 0 Å². The molecule has 3 rings (SSSR count). The fraction of sp³-hybridized carbons (Fsp3) is 0.562. The van der Waals surface area contributed by atoms with E-state index in [4.69, 9.17) is 4.74 Å². The van der Waals surface area contributed by atoms with Crippen LogP contribution in [0.5, 0.6) is 0 Å². The van der Waals surface area contributed by atoms with E-state index in [1.165, 1.54) is 23.1 Å². The van der Waals surface area contributed by atoms with Crippen molar-refractivity contribution in [2.75, 3.05) is 43.6 Å². The van der Waals surface area contributed by atoms with Crippen molar-refractivity contribution in [2.24, 2.45) is 4.99 Å². The molecule has 1 amide bonds. The summed E-state index contributed by atoms with van der Waals surface area (Å²) >= 11 is 4.62. The zero-order valence-corrected chi connectivity index (χ0v) is 16.7. The lowest BCUT2D eigenvalue weighted by atomic mass is 10.0. The summed E-state index contributed by atoms with van der Waals surface area (Å²) in [5.41, 5.74) is 1.57. The number of carbonyl (C=O) groups is 2. The monoisotopic (exact) mass is 399 g/mol. The summed E-state index contributed by atoms with van der Waals surface area (Å²) in [6, 6.07) is 0. The van der Waals surface area contributed by atoms with Crippen LogP contribution in [0.1, 0.15) is 27.7 Å². The minimum atomic E-state index is -0.344. The van der Waals surface area contributed by atoms with Crippen LogP contribution >= 0.6 is 34.9 Å². The number of nitrogens with zero attached hydrogens (tertiary/aromatic N) is 2. The molecule has 0 fully saturated rings. The molecule has 0 aliphatic carbocycles. The van der Waals surface area contributed by atoms with Crippen molar-refractivity contribution in [3.05, 3.63) is 16.0 Å². The average molecular weight is 400 g/mol. The zero-order valence-electron chi connectivity index (χ0n) is 14.3. The number of hydrogen-bond donors (Lipinski definition) is 1. The third kappa shape index (κ3) is 4.58. The maximum atomic E-state index is 12.4. The number of amides is 1. The fourth-order valence-corrected chi connectivity index (χ4v) is 5.87. The van der Waals surface area contributed by atoms with Crippen LogP contribution in [0.3, 0.4) is 0 Å². The van der Waals surface area contributed by atoms with Crippen molar-refractivity contribution in [1.82, 2.24) is 4.90 Å². The van der Waals surface area contributed by atoms with Crippen molar-refractivity contribution in [3.63, 3.8) is 0 Å². The highest BCUT2D eigenvalue weighted by molar-refractivity contribution is 8.39. The van der Waals surface area contributed by atoms with Crippen molar-refractivity contribution in [1.29, 1.82) is 0 Å². The summed E-state index contributed by atoms with van der Waals surface area (Å²) in [5.74, 6) is 0.833. The average Bonchev–Trinajstić information content (AvgIpc) is 3.19. The second-order valence-electron chi connectivity index (χ2n) is 5.75. The zero-order chi connectivity index (χ0) is 17.8. The SMILES string of the molecule is CCOC(=O)c1c(NC(=O)CSC2=NCCS2)sc2c1CCN(C)C2. The van der Waals surface area contributed by atoms with Gasteiger partial charge in [-0.1, -0.05) is 23.5 Å². The van der Waals surface area contributed by atoms with Crippen molar-refractivity contribution < 1.29 is 14.3 Å². The van der Waals surface area contributed by atoms with Gasteiger partial charge in [-0.05, 0) is 26.0 Å². The van der Waals surface area contributed by atoms with Crippen LogP contribution in [0.25, 0.3) is 0 Å². The van der Waals surface area contributed by atoms with Gasteiger partial charge in [0, 0.05) is 23.7 Å². The summed E-state index contributed by atoms with van der Waals surface area (Å²) in [7, 11) is 2.06. The minimum absolute atomic E-state index is 0.113. The van der Waals surface area contributed by atoms with Crippen molar-refractivity contribution in [2.45, 2.75) is 19.9 Å². The number of fused-ring (bicyclic) bond motifs is 1. The van der Waals surface area contributed by atoms with E-state index >= 15 is 0 Å². The molecule has 1 N–H and O–H groups in total. The van der Waals surface area contributed by atoms with Gasteiger partial charge in [0.1, 0.15) is 9.38 Å². The quantitative estimate of drug-likeness (QED) is 0.768. The van der Waals surface area contributed by atoms with Crippen LogP contribution in [-0.4, -0.2) is 59.4 Å². The van der Waals surface area contributed by atoms with E-state index in [0.29, 0.717) is 22.9 Å². The number of likely N-dealkylation sites (N-methyl/N-ethyl adjacent to an activating group) is 1. The molecule has 0 unspecified atom stereocenters. The van der Waals surface area contributed by atoms with E-state index in [0.717, 1.165) is 46.6 Å². The number of rotatable bonds is 5. The number of anilines is 1. The first-order chi connectivity index (χ1) is 12.1. The maximum Gasteiger partial charge on any atom is 0.341 e. The van der Waals surface area contributed by atoms with Crippen LogP contribution in [0.2, 0.25) is 0 Å². The lowest BCUT2D eigenvalue weighted by Gasteiger charge is -2.22. The molecule has 2 aliphatic rings. The summed E-state index contributed by atoms with van der Waals surface area (Å²) in [6.45, 7) is 4.64. The van der Waals surface area contributed by atoms with Crippen LogP contribution in [0, 0.1) is 0 Å². The van der Waals surface area contributed by atoms with Gasteiger partial charge in [-0.15, -0.1) is 11.3 Å². The third-order valence-electron chi connectivity index (χ3n) is 3.86. The molecule has 0 saturated carbocycles. The van der Waals surface area contributed by atoms with Gasteiger partial charge < -0.3 is 15.0 Å². The second-order valence-corrected chi connectivity index (χ2v) is 9.16. The molecule has 25 heavy (non-hydrogen) atoms. The Morgan fingerprint density at radius 1 is 1.44 bits per heavy atom. The molecule has 1 aromatic rings. The summed E-state index contributed by atoms with van der Waals surface area (Å²) in [5, 5.41) is 3.54. The molecule has 0 atom stereocenters. The summed E-state index contributed by atoms with van der Waals surface area (Å²) in [6.07, 6.45) is 0.800. The largest absolute Gasteiger partial charge is 0.462 e. The summed E-state index contributed by atoms with van der Waals surface area (Å²) < 4.78 is 6.18. The number of ether oxygens (including phenoxy) is 1. The highest BCUT2D eigenvalue weighted by Gasteiger charge is 2.28. The van der Waals surface area contributed by atoms with Gasteiger partial charge in [-0.3, -0.25) is 9.79 Å². The van der Waals surface area contributed by atoms with Gasteiger partial charge >= 0.3 is 5.97 Å². The standard InChI is InChI=1S/C16H21N3O3S3/c1-3-22-15(21)13-10-4-6-19(2)8-11(10)25-14(13)18-12(20)9-24-16-17-5-7-23-16/h3-9H2,1-2H3,(H,18,20). The second kappa shape index (κ2) is 8.57. The van der Waals surface area contributed by atoms with E-state index in [2.05, 4.69) is 22.3 Å². The Bertz CT molecular complexity index is 702.